The molecule has 3 rings (SSSR count). The van der Waals surface area contributed by atoms with E-state index < -0.39 is 22.2 Å². The molecule has 0 radical (unpaired) electrons. The SMILES string of the molecule is CC(C)(C)OC(=O)Nc1cc2c(cc1[N+](=O)[O-])CN1CCN(C(=O)OC(C)(C)C)C[C@H]1CCO2. The smallest absolute Gasteiger partial charge is 0.412 e. The lowest BCUT2D eigenvalue weighted by Crippen LogP contribution is -2.55. The molecule has 2 amide bonds. The number of carbonyl (C=O) groups excluding carboxylic acids is 2. The van der Waals surface area contributed by atoms with Crippen LogP contribution in [0.3, 0.4) is 0 Å². The molecule has 1 saturated heterocycles. The third-order valence-electron chi connectivity index (χ3n) is 5.35. The van der Waals surface area contributed by atoms with Crippen LogP contribution in [-0.2, 0) is 16.0 Å². The first-order valence-corrected chi connectivity index (χ1v) is 11.4. The predicted molar refractivity (Wildman–Crippen MR) is 125 cm³/mol. The van der Waals surface area contributed by atoms with Gasteiger partial charge in [-0.2, -0.15) is 0 Å². The van der Waals surface area contributed by atoms with Gasteiger partial charge < -0.3 is 19.1 Å². The zero-order valence-electron chi connectivity index (χ0n) is 20.7. The van der Waals surface area contributed by atoms with Crippen LogP contribution in [-0.4, -0.2) is 70.4 Å². The highest BCUT2D eigenvalue weighted by atomic mass is 16.6. The molecule has 11 nitrogen and oxygen atoms in total. The van der Waals surface area contributed by atoms with Crippen molar-refractivity contribution in [1.29, 1.82) is 0 Å². The maximum absolute atomic E-state index is 12.5. The number of nitrogens with zero attached hydrogens (tertiary/aromatic N) is 3. The van der Waals surface area contributed by atoms with Gasteiger partial charge in [-0.25, -0.2) is 9.59 Å². The second-order valence-electron chi connectivity index (χ2n) is 10.5. The van der Waals surface area contributed by atoms with Crippen molar-refractivity contribution in [3.8, 4) is 5.75 Å². The minimum atomic E-state index is -0.778. The Morgan fingerprint density at radius 2 is 1.79 bits per heavy atom. The second-order valence-corrected chi connectivity index (χ2v) is 10.5. The van der Waals surface area contributed by atoms with Crippen LogP contribution in [0.15, 0.2) is 12.1 Å². The van der Waals surface area contributed by atoms with Crippen molar-refractivity contribution >= 4 is 23.6 Å². The van der Waals surface area contributed by atoms with E-state index >= 15 is 0 Å². The van der Waals surface area contributed by atoms with Gasteiger partial charge in [0, 0.05) is 49.9 Å². The van der Waals surface area contributed by atoms with E-state index in [1.807, 2.05) is 20.8 Å². The van der Waals surface area contributed by atoms with E-state index in [1.165, 1.54) is 12.1 Å². The molecule has 0 spiro atoms. The number of ether oxygens (including phenoxy) is 3. The molecule has 1 fully saturated rings. The van der Waals surface area contributed by atoms with Crippen LogP contribution in [0.4, 0.5) is 21.0 Å². The zero-order chi connectivity index (χ0) is 25.3. The third-order valence-corrected chi connectivity index (χ3v) is 5.35. The Labute approximate surface area is 199 Å². The van der Waals surface area contributed by atoms with Crippen LogP contribution >= 0.6 is 0 Å². The molecule has 0 aromatic heterocycles. The van der Waals surface area contributed by atoms with Gasteiger partial charge in [-0.3, -0.25) is 20.3 Å². The fraction of sp³-hybridized carbons (Fsp3) is 0.652. The minimum Gasteiger partial charge on any atom is -0.493 e. The molecular formula is C23H34N4O7. The fourth-order valence-corrected chi connectivity index (χ4v) is 3.93. The lowest BCUT2D eigenvalue weighted by Gasteiger charge is -2.42. The van der Waals surface area contributed by atoms with Crippen molar-refractivity contribution in [2.75, 3.05) is 31.6 Å². The summed E-state index contributed by atoms with van der Waals surface area (Å²) >= 11 is 0. The van der Waals surface area contributed by atoms with Gasteiger partial charge in [0.15, 0.2) is 0 Å². The Balaban J connectivity index is 1.78. The Morgan fingerprint density at radius 3 is 2.41 bits per heavy atom. The molecule has 1 aromatic rings. The van der Waals surface area contributed by atoms with Crippen molar-refractivity contribution in [2.24, 2.45) is 0 Å². The van der Waals surface area contributed by atoms with Gasteiger partial charge >= 0.3 is 12.2 Å². The predicted octanol–water partition coefficient (Wildman–Crippen LogP) is 4.15. The standard InChI is InChI=1S/C23H34N4O7/c1-22(2,3)33-20(28)24-17-12-19-15(11-18(17)27(30)31)13-25-8-9-26(14-16(25)7-10-32-19)21(29)34-23(4,5)6/h11-12,16H,7-10,13-14H2,1-6H3,(H,24,28)/t16-/m1/s1. The molecule has 0 saturated carbocycles. The highest BCUT2D eigenvalue weighted by Gasteiger charge is 2.34. The number of rotatable bonds is 2. The fourth-order valence-electron chi connectivity index (χ4n) is 3.93. The molecule has 0 aliphatic carbocycles. The van der Waals surface area contributed by atoms with Crippen molar-refractivity contribution in [1.82, 2.24) is 9.80 Å². The van der Waals surface area contributed by atoms with Crippen molar-refractivity contribution in [2.45, 2.75) is 71.8 Å². The summed E-state index contributed by atoms with van der Waals surface area (Å²) in [6.07, 6.45) is -0.450. The summed E-state index contributed by atoms with van der Waals surface area (Å²) < 4.78 is 16.7. The first kappa shape index (κ1) is 25.5. The van der Waals surface area contributed by atoms with Crippen LogP contribution in [0.5, 0.6) is 5.75 Å². The van der Waals surface area contributed by atoms with Gasteiger partial charge in [-0.05, 0) is 48.0 Å². The zero-order valence-corrected chi connectivity index (χ0v) is 20.7. The van der Waals surface area contributed by atoms with Gasteiger partial charge in [0.05, 0.1) is 11.5 Å². The Morgan fingerprint density at radius 1 is 1.12 bits per heavy atom. The third kappa shape index (κ3) is 6.72. The Kier molecular flexibility index (Phi) is 7.25. The van der Waals surface area contributed by atoms with E-state index in [4.69, 9.17) is 14.2 Å². The quantitative estimate of drug-likeness (QED) is 0.497. The molecular weight excluding hydrogens is 444 g/mol. The summed E-state index contributed by atoms with van der Waals surface area (Å²) in [5.74, 6) is 0.477. The molecule has 11 heteroatoms. The van der Waals surface area contributed by atoms with E-state index in [0.717, 1.165) is 0 Å². The molecule has 2 aliphatic heterocycles. The maximum atomic E-state index is 12.5. The van der Waals surface area contributed by atoms with Crippen molar-refractivity contribution < 1.29 is 28.7 Å². The van der Waals surface area contributed by atoms with Gasteiger partial charge in [0.1, 0.15) is 22.6 Å². The number of nitro benzene ring substituents is 1. The minimum absolute atomic E-state index is 0.0184. The van der Waals surface area contributed by atoms with Gasteiger partial charge in [0.25, 0.3) is 5.69 Å². The molecule has 2 heterocycles. The molecule has 0 bridgehead atoms. The topological polar surface area (TPSA) is 123 Å². The number of piperazine rings is 1. The van der Waals surface area contributed by atoms with E-state index in [-0.39, 0.29) is 23.5 Å². The summed E-state index contributed by atoms with van der Waals surface area (Å²) in [6.45, 7) is 13.0. The number of benzene rings is 1. The largest absolute Gasteiger partial charge is 0.493 e. The number of hydrogen-bond donors (Lipinski definition) is 1. The normalized spacial score (nSPS) is 19.0. The first-order chi connectivity index (χ1) is 15.7. The summed E-state index contributed by atoms with van der Waals surface area (Å²) in [5.41, 5.74) is -0.879. The molecule has 0 unspecified atom stereocenters. The molecule has 1 N–H and O–H groups in total. The number of nitro groups is 1. The van der Waals surface area contributed by atoms with Crippen molar-refractivity contribution in [3.05, 3.63) is 27.8 Å². The van der Waals surface area contributed by atoms with E-state index in [9.17, 15) is 19.7 Å². The Bertz CT molecular complexity index is 952. The molecule has 188 valence electrons. The van der Waals surface area contributed by atoms with E-state index in [2.05, 4.69) is 10.2 Å². The summed E-state index contributed by atoms with van der Waals surface area (Å²) in [6, 6.07) is 2.95. The van der Waals surface area contributed by atoms with E-state index in [0.29, 0.717) is 50.5 Å². The summed E-state index contributed by atoms with van der Waals surface area (Å²) in [5, 5.41) is 14.2. The number of nitrogens with one attached hydrogen (secondary N) is 1. The highest BCUT2D eigenvalue weighted by Crippen LogP contribution is 2.36. The lowest BCUT2D eigenvalue weighted by molar-refractivity contribution is -0.384. The monoisotopic (exact) mass is 478 g/mol. The first-order valence-electron chi connectivity index (χ1n) is 11.4. The number of carbonyl (C=O) groups is 2. The number of hydrogen-bond acceptors (Lipinski definition) is 8. The van der Waals surface area contributed by atoms with Crippen LogP contribution in [0.2, 0.25) is 0 Å². The van der Waals surface area contributed by atoms with Crippen LogP contribution in [0, 0.1) is 10.1 Å². The van der Waals surface area contributed by atoms with Crippen LogP contribution < -0.4 is 10.1 Å². The molecule has 1 atom stereocenters. The lowest BCUT2D eigenvalue weighted by atomic mass is 10.0. The maximum Gasteiger partial charge on any atom is 0.412 e. The van der Waals surface area contributed by atoms with Gasteiger partial charge in [-0.15, -0.1) is 0 Å². The molecule has 2 aliphatic rings. The average Bonchev–Trinajstić information content (AvgIpc) is 2.65. The van der Waals surface area contributed by atoms with Gasteiger partial charge in [-0.1, -0.05) is 0 Å². The molecule has 34 heavy (non-hydrogen) atoms. The summed E-state index contributed by atoms with van der Waals surface area (Å²) in [4.78, 5) is 39.8. The summed E-state index contributed by atoms with van der Waals surface area (Å²) in [7, 11) is 0. The van der Waals surface area contributed by atoms with Crippen LogP contribution in [0.1, 0.15) is 53.5 Å². The second kappa shape index (κ2) is 9.65. The van der Waals surface area contributed by atoms with Gasteiger partial charge in [0.2, 0.25) is 0 Å². The highest BCUT2D eigenvalue weighted by molar-refractivity contribution is 5.88. The average molecular weight is 479 g/mol. The number of anilines is 1. The van der Waals surface area contributed by atoms with Crippen LogP contribution in [0.25, 0.3) is 0 Å². The molecule has 1 aromatic carbocycles. The Hall–Kier alpha value is -3.08. The number of amides is 2. The number of fused-ring (bicyclic) bond motifs is 2. The van der Waals surface area contributed by atoms with Crippen molar-refractivity contribution in [3.63, 3.8) is 0 Å². The van der Waals surface area contributed by atoms with E-state index in [1.54, 1.807) is 25.7 Å².